The molecule has 0 radical (unpaired) electrons. The van der Waals surface area contributed by atoms with Gasteiger partial charge in [-0.2, -0.15) is 0 Å². The number of nitrogens with zero attached hydrogens (tertiary/aromatic N) is 1. The molecule has 0 bridgehead atoms. The molecule has 0 aliphatic heterocycles. The summed E-state index contributed by atoms with van der Waals surface area (Å²) in [5.74, 6) is -0.653. The molecular weight excluding hydrogens is 254 g/mol. The van der Waals surface area contributed by atoms with Crippen LogP contribution in [-0.2, 0) is 16.1 Å². The average Bonchev–Trinajstić information content (AvgIpc) is 2.78. The third-order valence-corrected chi connectivity index (χ3v) is 3.19. The first kappa shape index (κ1) is 14.1. The van der Waals surface area contributed by atoms with E-state index in [0.29, 0.717) is 12.1 Å². The van der Waals surface area contributed by atoms with Crippen LogP contribution in [-0.4, -0.2) is 22.4 Å². The van der Waals surface area contributed by atoms with Crippen LogP contribution in [0.25, 0.3) is 10.9 Å². The Morgan fingerprint density at radius 2 is 2.10 bits per heavy atom. The van der Waals surface area contributed by atoms with E-state index < -0.39 is 12.1 Å². The maximum absolute atomic E-state index is 12.2. The Hall–Kier alpha value is -2.36. The molecule has 0 aliphatic carbocycles. The van der Waals surface area contributed by atoms with Crippen LogP contribution in [0.4, 0.5) is 0 Å². The summed E-state index contributed by atoms with van der Waals surface area (Å²) >= 11 is 0. The van der Waals surface area contributed by atoms with Gasteiger partial charge < -0.3 is 9.30 Å². The number of ketones is 1. The van der Waals surface area contributed by atoms with Crippen molar-refractivity contribution in [1.82, 2.24) is 4.57 Å². The second-order valence-electron chi connectivity index (χ2n) is 4.66. The number of hydrogen-bond acceptors (Lipinski definition) is 3. The van der Waals surface area contributed by atoms with Gasteiger partial charge >= 0.3 is 5.97 Å². The molecule has 1 heterocycles. The Morgan fingerprint density at radius 1 is 1.40 bits per heavy atom. The summed E-state index contributed by atoms with van der Waals surface area (Å²) in [6.07, 6.45) is 2.77. The number of carbonyl (C=O) groups excluding carboxylic acids is 2. The molecule has 104 valence electrons. The number of hydrogen-bond donors (Lipinski definition) is 0. The molecule has 1 atom stereocenters. The zero-order chi connectivity index (χ0) is 14.7. The van der Waals surface area contributed by atoms with Crippen molar-refractivity contribution in [2.45, 2.75) is 26.5 Å². The minimum absolute atomic E-state index is 0.173. The third-order valence-electron chi connectivity index (χ3n) is 3.19. The molecule has 1 unspecified atom stereocenters. The minimum Gasteiger partial charge on any atom is -0.451 e. The van der Waals surface area contributed by atoms with Crippen molar-refractivity contribution in [2.24, 2.45) is 0 Å². The zero-order valence-electron chi connectivity index (χ0n) is 11.6. The van der Waals surface area contributed by atoms with Gasteiger partial charge in [0.05, 0.1) is 5.56 Å². The molecule has 4 nitrogen and oxygen atoms in total. The van der Waals surface area contributed by atoms with E-state index in [1.165, 1.54) is 6.92 Å². The van der Waals surface area contributed by atoms with Crippen molar-refractivity contribution < 1.29 is 14.3 Å². The largest absolute Gasteiger partial charge is 0.451 e. The fraction of sp³-hybridized carbons (Fsp3) is 0.250. The van der Waals surface area contributed by atoms with Gasteiger partial charge in [0.1, 0.15) is 0 Å². The van der Waals surface area contributed by atoms with Gasteiger partial charge in [-0.25, -0.2) is 4.79 Å². The van der Waals surface area contributed by atoms with Crippen molar-refractivity contribution in [1.29, 1.82) is 0 Å². The number of ether oxygens (including phenoxy) is 1. The van der Waals surface area contributed by atoms with E-state index in [1.54, 1.807) is 19.2 Å². The summed E-state index contributed by atoms with van der Waals surface area (Å²) < 4.78 is 7.10. The predicted octanol–water partition coefficient (Wildman–Crippen LogP) is 2.96. The lowest BCUT2D eigenvalue weighted by atomic mass is 10.2. The highest BCUT2D eigenvalue weighted by Crippen LogP contribution is 2.22. The normalized spacial score (nSPS) is 12.1. The monoisotopic (exact) mass is 271 g/mol. The van der Waals surface area contributed by atoms with Gasteiger partial charge in [-0.15, -0.1) is 6.58 Å². The highest BCUT2D eigenvalue weighted by atomic mass is 16.5. The fourth-order valence-electron chi connectivity index (χ4n) is 2.01. The maximum atomic E-state index is 12.2. The van der Waals surface area contributed by atoms with Gasteiger partial charge in [0.15, 0.2) is 11.9 Å². The summed E-state index contributed by atoms with van der Waals surface area (Å²) in [6.45, 7) is 7.29. The van der Waals surface area contributed by atoms with Gasteiger partial charge in [-0.1, -0.05) is 24.3 Å². The number of Topliss-reactive ketones (excluding diaryl/α,β-unsaturated/α-hetero) is 1. The Balaban J connectivity index is 2.41. The molecule has 20 heavy (non-hydrogen) atoms. The molecule has 0 fully saturated rings. The third kappa shape index (κ3) is 2.64. The highest BCUT2D eigenvalue weighted by Gasteiger charge is 2.19. The molecule has 0 N–H and O–H groups in total. The first-order chi connectivity index (χ1) is 9.54. The fourth-order valence-corrected chi connectivity index (χ4v) is 2.01. The Morgan fingerprint density at radius 3 is 2.75 bits per heavy atom. The van der Waals surface area contributed by atoms with Crippen molar-refractivity contribution in [3.63, 3.8) is 0 Å². The molecule has 0 amide bonds. The predicted molar refractivity (Wildman–Crippen MR) is 77.7 cm³/mol. The lowest BCUT2D eigenvalue weighted by Gasteiger charge is -2.08. The quantitative estimate of drug-likeness (QED) is 0.620. The SMILES string of the molecule is C=CCn1cc(C(=O)OC(C)C(C)=O)c2ccccc21. The molecule has 1 aromatic heterocycles. The molecule has 1 aromatic carbocycles. The molecule has 2 rings (SSSR count). The molecule has 4 heteroatoms. The molecule has 0 aliphatic rings. The molecular formula is C16H17NO3. The number of para-hydroxylation sites is 1. The maximum Gasteiger partial charge on any atom is 0.341 e. The standard InChI is InChI=1S/C16H17NO3/c1-4-9-17-10-14(13-7-5-6-8-15(13)17)16(19)20-12(3)11(2)18/h4-8,10,12H,1,9H2,2-3H3. The number of rotatable bonds is 5. The summed E-state index contributed by atoms with van der Waals surface area (Å²) in [7, 11) is 0. The van der Waals surface area contributed by atoms with Crippen molar-refractivity contribution in [3.05, 3.63) is 48.7 Å². The molecule has 0 spiro atoms. The topological polar surface area (TPSA) is 48.3 Å². The van der Waals surface area contributed by atoms with E-state index in [2.05, 4.69) is 6.58 Å². The second-order valence-corrected chi connectivity index (χ2v) is 4.66. The number of aromatic nitrogens is 1. The number of benzene rings is 1. The molecule has 0 saturated heterocycles. The first-order valence-electron chi connectivity index (χ1n) is 6.44. The lowest BCUT2D eigenvalue weighted by molar-refractivity contribution is -0.124. The number of esters is 1. The van der Waals surface area contributed by atoms with Crippen molar-refractivity contribution in [3.8, 4) is 0 Å². The number of allylic oxidation sites excluding steroid dienone is 1. The lowest BCUT2D eigenvalue weighted by Crippen LogP contribution is -2.21. The van der Waals surface area contributed by atoms with Gasteiger partial charge in [0, 0.05) is 23.6 Å². The van der Waals surface area contributed by atoms with Crippen LogP contribution >= 0.6 is 0 Å². The summed E-state index contributed by atoms with van der Waals surface area (Å²) in [6, 6.07) is 7.58. The second kappa shape index (κ2) is 5.74. The molecule has 2 aromatic rings. The smallest absolute Gasteiger partial charge is 0.341 e. The summed E-state index contributed by atoms with van der Waals surface area (Å²) in [4.78, 5) is 23.4. The average molecular weight is 271 g/mol. The van der Waals surface area contributed by atoms with Crippen LogP contribution in [0.2, 0.25) is 0 Å². The van der Waals surface area contributed by atoms with E-state index in [1.807, 2.05) is 28.8 Å². The van der Waals surface area contributed by atoms with E-state index >= 15 is 0 Å². The van der Waals surface area contributed by atoms with Crippen molar-refractivity contribution in [2.75, 3.05) is 0 Å². The number of carbonyl (C=O) groups is 2. The first-order valence-corrected chi connectivity index (χ1v) is 6.44. The van der Waals surface area contributed by atoms with Gasteiger partial charge in [-0.3, -0.25) is 4.79 Å². The van der Waals surface area contributed by atoms with E-state index in [-0.39, 0.29) is 5.78 Å². The zero-order valence-corrected chi connectivity index (χ0v) is 11.6. The van der Waals surface area contributed by atoms with E-state index in [0.717, 1.165) is 10.9 Å². The van der Waals surface area contributed by atoms with Gasteiger partial charge in [-0.05, 0) is 19.9 Å². The molecule has 0 saturated carbocycles. The van der Waals surface area contributed by atoms with Crippen LogP contribution in [0.15, 0.2) is 43.1 Å². The Kier molecular flexibility index (Phi) is 4.03. The van der Waals surface area contributed by atoms with Crippen LogP contribution in [0, 0.1) is 0 Å². The van der Waals surface area contributed by atoms with E-state index in [4.69, 9.17) is 4.74 Å². The summed E-state index contributed by atoms with van der Waals surface area (Å²) in [5.41, 5.74) is 1.41. The van der Waals surface area contributed by atoms with Crippen LogP contribution in [0.5, 0.6) is 0 Å². The highest BCUT2D eigenvalue weighted by molar-refractivity contribution is 6.05. The number of fused-ring (bicyclic) bond motifs is 1. The minimum atomic E-state index is -0.732. The summed E-state index contributed by atoms with van der Waals surface area (Å²) in [5, 5.41) is 0.815. The van der Waals surface area contributed by atoms with E-state index in [9.17, 15) is 9.59 Å². The van der Waals surface area contributed by atoms with Gasteiger partial charge in [0.25, 0.3) is 0 Å². The van der Waals surface area contributed by atoms with Crippen molar-refractivity contribution >= 4 is 22.7 Å². The van der Waals surface area contributed by atoms with Gasteiger partial charge in [0.2, 0.25) is 0 Å². The van der Waals surface area contributed by atoms with Crippen LogP contribution in [0.3, 0.4) is 0 Å². The Bertz CT molecular complexity index is 669. The van der Waals surface area contributed by atoms with Crippen LogP contribution < -0.4 is 0 Å². The Labute approximate surface area is 117 Å². The van der Waals surface area contributed by atoms with Crippen LogP contribution in [0.1, 0.15) is 24.2 Å².